The lowest BCUT2D eigenvalue weighted by Crippen LogP contribution is -1.84. The molecule has 0 unspecified atom stereocenters. The van der Waals surface area contributed by atoms with E-state index in [9.17, 15) is 9.59 Å². The molecule has 1 N–H and O–H groups in total. The highest BCUT2D eigenvalue weighted by molar-refractivity contribution is 5.80. The molecule has 3 heteroatoms. The Morgan fingerprint density at radius 2 is 2.08 bits per heavy atom. The Morgan fingerprint density at radius 3 is 2.69 bits per heavy atom. The zero-order valence-corrected chi connectivity index (χ0v) is 7.27. The van der Waals surface area contributed by atoms with Crippen molar-refractivity contribution in [2.45, 2.75) is 19.3 Å². The number of rotatable bonds is 6. The van der Waals surface area contributed by atoms with Crippen LogP contribution in [0.15, 0.2) is 30.4 Å². The maximum Gasteiger partial charge on any atom is 0.328 e. The third kappa shape index (κ3) is 10.4. The van der Waals surface area contributed by atoms with E-state index in [1.165, 1.54) is 12.2 Å². The average Bonchev–Trinajstić information content (AvgIpc) is 2.09. The van der Waals surface area contributed by atoms with E-state index in [-0.39, 0.29) is 0 Å². The standard InChI is InChI=1S/C10H12O3/c11-9-7-5-3-1-2-4-6-8-10(12)13/h2,4,6-8H,1,3,5H2,(H,12,13)/b4-2+,8-6+. The van der Waals surface area contributed by atoms with Crippen LogP contribution in [0.2, 0.25) is 0 Å². The second-order valence-electron chi connectivity index (χ2n) is 2.38. The van der Waals surface area contributed by atoms with Crippen LogP contribution >= 0.6 is 0 Å². The van der Waals surface area contributed by atoms with E-state index in [0.717, 1.165) is 25.3 Å². The molecule has 0 aromatic heterocycles. The maximum atomic E-state index is 10.0. The number of allylic oxidation sites excluding steroid dienone is 4. The maximum absolute atomic E-state index is 10.0. The van der Waals surface area contributed by atoms with Crippen molar-refractivity contribution < 1.29 is 14.7 Å². The van der Waals surface area contributed by atoms with Gasteiger partial charge in [0.05, 0.1) is 0 Å². The molecule has 0 aliphatic rings. The molecule has 70 valence electrons. The predicted octanol–water partition coefficient (Wildman–Crippen LogP) is 1.74. The average molecular weight is 180 g/mol. The molecular weight excluding hydrogens is 168 g/mol. The number of carboxylic acids is 1. The molecule has 0 aromatic rings. The molecule has 0 aliphatic heterocycles. The van der Waals surface area contributed by atoms with Crippen molar-refractivity contribution >= 4 is 11.9 Å². The summed E-state index contributed by atoms with van der Waals surface area (Å²) in [5, 5.41) is 8.22. The molecule has 0 saturated heterocycles. The van der Waals surface area contributed by atoms with Crippen LogP contribution < -0.4 is 0 Å². The molecular formula is C10H12O3. The molecule has 13 heavy (non-hydrogen) atoms. The summed E-state index contributed by atoms with van der Waals surface area (Å²) in [6.07, 6.45) is 9.96. The summed E-state index contributed by atoms with van der Waals surface area (Å²) < 4.78 is 0. The summed E-state index contributed by atoms with van der Waals surface area (Å²) in [4.78, 5) is 19.7. The highest BCUT2D eigenvalue weighted by Gasteiger charge is 1.81. The zero-order valence-electron chi connectivity index (χ0n) is 7.27. The first-order chi connectivity index (χ1) is 6.27. The third-order valence-electron chi connectivity index (χ3n) is 1.29. The minimum absolute atomic E-state index is 0.719. The summed E-state index contributed by atoms with van der Waals surface area (Å²) in [5.74, 6) is 0.743. The van der Waals surface area contributed by atoms with E-state index in [1.54, 1.807) is 12.0 Å². The van der Waals surface area contributed by atoms with Crippen molar-refractivity contribution in [1.29, 1.82) is 0 Å². The fourth-order valence-electron chi connectivity index (χ4n) is 0.709. The normalized spacial score (nSPS) is 10.5. The Bertz CT molecular complexity index is 245. The topological polar surface area (TPSA) is 54.4 Å². The Balaban J connectivity index is 3.41. The number of hydrogen-bond acceptors (Lipinski definition) is 2. The number of aliphatic carboxylic acids is 1. The van der Waals surface area contributed by atoms with Gasteiger partial charge in [-0.2, -0.15) is 0 Å². The molecule has 0 atom stereocenters. The Morgan fingerprint density at radius 1 is 1.31 bits per heavy atom. The van der Waals surface area contributed by atoms with Crippen molar-refractivity contribution in [3.8, 4) is 0 Å². The number of unbranched alkanes of at least 4 members (excludes halogenated alkanes) is 2. The Labute approximate surface area is 77.1 Å². The van der Waals surface area contributed by atoms with Gasteiger partial charge < -0.3 is 5.11 Å². The molecule has 0 rings (SSSR count). The van der Waals surface area contributed by atoms with Gasteiger partial charge in [-0.15, -0.1) is 0 Å². The summed E-state index contributed by atoms with van der Waals surface area (Å²) in [5.41, 5.74) is 0. The highest BCUT2D eigenvalue weighted by Crippen LogP contribution is 1.96. The number of carbonyl (C=O) groups is 1. The SMILES string of the molecule is O=C=CCCC/C=C/C=C/C(=O)O. The quantitative estimate of drug-likeness (QED) is 0.293. The minimum Gasteiger partial charge on any atom is -0.478 e. The molecule has 0 aliphatic carbocycles. The number of hydrogen-bond donors (Lipinski definition) is 1. The second kappa shape index (κ2) is 8.50. The van der Waals surface area contributed by atoms with Crippen LogP contribution in [-0.2, 0) is 9.59 Å². The van der Waals surface area contributed by atoms with Crippen LogP contribution in [0, 0.1) is 0 Å². The van der Waals surface area contributed by atoms with Crippen molar-refractivity contribution in [1.82, 2.24) is 0 Å². The predicted molar refractivity (Wildman–Crippen MR) is 50.0 cm³/mol. The van der Waals surface area contributed by atoms with E-state index in [0.29, 0.717) is 0 Å². The lowest BCUT2D eigenvalue weighted by atomic mass is 10.2. The monoisotopic (exact) mass is 180 g/mol. The van der Waals surface area contributed by atoms with Crippen LogP contribution in [-0.4, -0.2) is 17.0 Å². The first-order valence-electron chi connectivity index (χ1n) is 4.03. The second-order valence-corrected chi connectivity index (χ2v) is 2.38. The number of carboxylic acid groups (broad SMARTS) is 1. The van der Waals surface area contributed by atoms with Crippen molar-refractivity contribution in [3.63, 3.8) is 0 Å². The van der Waals surface area contributed by atoms with E-state index in [4.69, 9.17) is 5.11 Å². The molecule has 0 aromatic carbocycles. The van der Waals surface area contributed by atoms with Gasteiger partial charge in [0.25, 0.3) is 0 Å². The van der Waals surface area contributed by atoms with Gasteiger partial charge in [0.15, 0.2) is 0 Å². The molecule has 0 saturated carbocycles. The van der Waals surface area contributed by atoms with Gasteiger partial charge >= 0.3 is 5.97 Å². The molecule has 0 heterocycles. The van der Waals surface area contributed by atoms with E-state index in [2.05, 4.69) is 0 Å². The Hall–Kier alpha value is -1.60. The van der Waals surface area contributed by atoms with E-state index < -0.39 is 5.97 Å². The summed E-state index contributed by atoms with van der Waals surface area (Å²) in [7, 11) is 0. The Kier molecular flexibility index (Phi) is 7.45. The highest BCUT2D eigenvalue weighted by atomic mass is 16.4. The lowest BCUT2D eigenvalue weighted by molar-refractivity contribution is -0.131. The summed E-state index contributed by atoms with van der Waals surface area (Å²) >= 11 is 0. The lowest BCUT2D eigenvalue weighted by Gasteiger charge is -1.85. The van der Waals surface area contributed by atoms with Crippen molar-refractivity contribution in [3.05, 3.63) is 30.4 Å². The summed E-state index contributed by atoms with van der Waals surface area (Å²) in [6, 6.07) is 0. The molecule has 0 spiro atoms. The summed E-state index contributed by atoms with van der Waals surface area (Å²) in [6.45, 7) is 0. The molecule has 0 radical (unpaired) electrons. The van der Waals surface area contributed by atoms with Crippen molar-refractivity contribution in [2.75, 3.05) is 0 Å². The molecule has 0 bridgehead atoms. The van der Waals surface area contributed by atoms with Gasteiger partial charge in [-0.05, 0) is 25.3 Å². The van der Waals surface area contributed by atoms with Gasteiger partial charge in [0.1, 0.15) is 5.94 Å². The van der Waals surface area contributed by atoms with E-state index in [1.807, 2.05) is 6.08 Å². The van der Waals surface area contributed by atoms with Gasteiger partial charge in [-0.25, -0.2) is 9.59 Å². The fourth-order valence-corrected chi connectivity index (χ4v) is 0.709. The first kappa shape index (κ1) is 11.4. The van der Waals surface area contributed by atoms with Crippen LogP contribution in [0.25, 0.3) is 0 Å². The van der Waals surface area contributed by atoms with Crippen molar-refractivity contribution in [2.24, 2.45) is 0 Å². The van der Waals surface area contributed by atoms with Crippen LogP contribution in [0.5, 0.6) is 0 Å². The van der Waals surface area contributed by atoms with Gasteiger partial charge in [0.2, 0.25) is 0 Å². The van der Waals surface area contributed by atoms with Crippen LogP contribution in [0.1, 0.15) is 19.3 Å². The van der Waals surface area contributed by atoms with Gasteiger partial charge in [-0.3, -0.25) is 0 Å². The van der Waals surface area contributed by atoms with Crippen LogP contribution in [0.3, 0.4) is 0 Å². The van der Waals surface area contributed by atoms with Crippen LogP contribution in [0.4, 0.5) is 0 Å². The molecule has 0 amide bonds. The molecule has 0 fully saturated rings. The zero-order chi connectivity index (χ0) is 9.94. The third-order valence-corrected chi connectivity index (χ3v) is 1.29. The fraction of sp³-hybridized carbons (Fsp3) is 0.300. The van der Waals surface area contributed by atoms with E-state index >= 15 is 0 Å². The number of carbonyl (C=O) groups excluding carboxylic acids is 1. The smallest absolute Gasteiger partial charge is 0.328 e. The minimum atomic E-state index is -0.950. The first-order valence-corrected chi connectivity index (χ1v) is 4.03. The largest absolute Gasteiger partial charge is 0.478 e. The van der Waals surface area contributed by atoms with Gasteiger partial charge in [0, 0.05) is 6.08 Å². The molecule has 3 nitrogen and oxygen atoms in total. The van der Waals surface area contributed by atoms with Gasteiger partial charge in [-0.1, -0.05) is 18.2 Å².